The smallest absolute Gasteiger partial charge is 0.0243 e. The predicted octanol–water partition coefficient (Wildman–Crippen LogP) is 6.36. The molecule has 4 bridgehead atoms. The van der Waals surface area contributed by atoms with E-state index in [9.17, 15) is 0 Å². The molecule has 0 saturated heterocycles. The minimum atomic E-state index is 0.571. The van der Waals surface area contributed by atoms with E-state index in [0.717, 1.165) is 11.8 Å². The van der Waals surface area contributed by atoms with Gasteiger partial charge in [0.2, 0.25) is 0 Å². The fourth-order valence-corrected chi connectivity index (χ4v) is 7.61. The van der Waals surface area contributed by atoms with Crippen molar-refractivity contribution < 1.29 is 0 Å². The number of alkyl halides is 1. The number of hydrogen-bond acceptors (Lipinski definition) is 0. The maximum absolute atomic E-state index is 4.14. The first-order chi connectivity index (χ1) is 9.96. The third kappa shape index (κ3) is 2.65. The van der Waals surface area contributed by atoms with Crippen molar-refractivity contribution in [1.82, 2.24) is 0 Å². The van der Waals surface area contributed by atoms with E-state index in [2.05, 4.69) is 63.0 Å². The van der Waals surface area contributed by atoms with Crippen molar-refractivity contribution in [2.24, 2.45) is 22.7 Å². The highest BCUT2D eigenvalue weighted by molar-refractivity contribution is 9.10. The molecule has 0 aromatic heterocycles. The van der Waals surface area contributed by atoms with Gasteiger partial charge >= 0.3 is 0 Å². The highest BCUT2D eigenvalue weighted by Crippen LogP contribution is 2.67. The molecule has 4 aliphatic rings. The molecular formula is C19H24Br2. The van der Waals surface area contributed by atoms with E-state index >= 15 is 0 Å². The van der Waals surface area contributed by atoms with E-state index in [-0.39, 0.29) is 0 Å². The molecule has 0 aliphatic heterocycles. The van der Waals surface area contributed by atoms with Crippen LogP contribution in [0.5, 0.6) is 0 Å². The number of rotatable bonds is 3. The van der Waals surface area contributed by atoms with Gasteiger partial charge in [-0.2, -0.15) is 0 Å². The molecule has 3 unspecified atom stereocenters. The van der Waals surface area contributed by atoms with Gasteiger partial charge in [0.05, 0.1) is 0 Å². The predicted molar refractivity (Wildman–Crippen MR) is 95.8 cm³/mol. The van der Waals surface area contributed by atoms with E-state index in [0.29, 0.717) is 15.7 Å². The molecule has 0 amide bonds. The van der Waals surface area contributed by atoms with Crippen LogP contribution in [-0.4, -0.2) is 4.83 Å². The summed E-state index contributed by atoms with van der Waals surface area (Å²) >= 11 is 7.75. The Hall–Kier alpha value is 0.180. The van der Waals surface area contributed by atoms with Gasteiger partial charge in [0.25, 0.3) is 0 Å². The lowest BCUT2D eigenvalue weighted by atomic mass is 9.44. The molecule has 4 fully saturated rings. The minimum Gasteiger partial charge on any atom is -0.0881 e. The Bertz CT molecular complexity index is 536. The summed E-state index contributed by atoms with van der Waals surface area (Å²) in [5.41, 5.74) is 2.68. The Morgan fingerprint density at radius 3 is 2.52 bits per heavy atom. The Kier molecular flexibility index (Phi) is 3.58. The van der Waals surface area contributed by atoms with Crippen LogP contribution in [0, 0.1) is 22.7 Å². The SMILES string of the molecule is CC12CC3CC(C1)CC(C(Br)Cc1cccc(Br)c1)(C3)C2. The standard InChI is InChI=1S/C19H24Br2/c1-18-8-14-5-15(9-18)11-19(10-14,12-18)17(21)7-13-3-2-4-16(20)6-13/h2-4,6,14-15,17H,5,7-12H2,1H3. The number of halogens is 2. The molecule has 21 heavy (non-hydrogen) atoms. The van der Waals surface area contributed by atoms with Gasteiger partial charge in [-0.3, -0.25) is 0 Å². The quantitative estimate of drug-likeness (QED) is 0.507. The normalized spacial score (nSPS) is 42.2. The van der Waals surface area contributed by atoms with Gasteiger partial charge < -0.3 is 0 Å². The van der Waals surface area contributed by atoms with Gasteiger partial charge in [0, 0.05) is 9.30 Å². The summed E-state index contributed by atoms with van der Waals surface area (Å²) in [7, 11) is 0. The molecule has 4 aliphatic carbocycles. The lowest BCUT2D eigenvalue weighted by molar-refractivity contribution is -0.101. The van der Waals surface area contributed by atoms with Gasteiger partial charge in [-0.15, -0.1) is 0 Å². The van der Waals surface area contributed by atoms with Crippen molar-refractivity contribution in [3.05, 3.63) is 34.3 Å². The largest absolute Gasteiger partial charge is 0.0881 e. The Balaban J connectivity index is 1.57. The van der Waals surface area contributed by atoms with Crippen LogP contribution in [-0.2, 0) is 6.42 Å². The minimum absolute atomic E-state index is 0.571. The first-order valence-corrected chi connectivity index (χ1v) is 10.1. The molecule has 0 heterocycles. The summed E-state index contributed by atoms with van der Waals surface area (Å²) in [5.74, 6) is 2.03. The summed E-state index contributed by atoms with van der Waals surface area (Å²) < 4.78 is 1.21. The molecule has 5 rings (SSSR count). The number of benzene rings is 1. The third-order valence-corrected chi connectivity index (χ3v) is 8.16. The molecule has 4 saturated carbocycles. The van der Waals surface area contributed by atoms with E-state index in [4.69, 9.17) is 0 Å². The van der Waals surface area contributed by atoms with Crippen LogP contribution in [0.4, 0.5) is 0 Å². The fraction of sp³-hybridized carbons (Fsp3) is 0.684. The van der Waals surface area contributed by atoms with Gasteiger partial charge in [0.1, 0.15) is 0 Å². The van der Waals surface area contributed by atoms with Crippen molar-refractivity contribution >= 4 is 31.9 Å². The van der Waals surface area contributed by atoms with Crippen molar-refractivity contribution in [2.75, 3.05) is 0 Å². The molecule has 1 aromatic rings. The summed E-state index contributed by atoms with van der Waals surface area (Å²) in [5, 5.41) is 0. The molecule has 0 radical (unpaired) electrons. The molecule has 114 valence electrons. The average Bonchev–Trinajstić information content (AvgIpc) is 2.35. The van der Waals surface area contributed by atoms with Crippen LogP contribution in [0.3, 0.4) is 0 Å². The third-order valence-electron chi connectivity index (χ3n) is 6.37. The van der Waals surface area contributed by atoms with Gasteiger partial charge in [0.15, 0.2) is 0 Å². The molecule has 0 N–H and O–H groups in total. The first-order valence-electron chi connectivity index (χ1n) is 8.35. The van der Waals surface area contributed by atoms with E-state index < -0.39 is 0 Å². The van der Waals surface area contributed by atoms with Gasteiger partial charge in [-0.25, -0.2) is 0 Å². The second-order valence-electron chi connectivity index (χ2n) is 8.44. The summed E-state index contributed by atoms with van der Waals surface area (Å²) in [6.45, 7) is 2.57. The Labute approximate surface area is 145 Å². The topological polar surface area (TPSA) is 0 Å². The highest BCUT2D eigenvalue weighted by atomic mass is 79.9. The average molecular weight is 412 g/mol. The Morgan fingerprint density at radius 1 is 1.19 bits per heavy atom. The molecule has 0 spiro atoms. The lowest BCUT2D eigenvalue weighted by Crippen LogP contribution is -2.54. The van der Waals surface area contributed by atoms with E-state index in [1.54, 1.807) is 0 Å². The van der Waals surface area contributed by atoms with Crippen molar-refractivity contribution in [2.45, 2.75) is 56.7 Å². The van der Waals surface area contributed by atoms with Crippen LogP contribution in [0.2, 0.25) is 0 Å². The Morgan fingerprint density at radius 2 is 1.90 bits per heavy atom. The lowest BCUT2D eigenvalue weighted by Gasteiger charge is -2.63. The first kappa shape index (κ1) is 14.8. The zero-order valence-corrected chi connectivity index (χ0v) is 15.9. The van der Waals surface area contributed by atoms with Crippen molar-refractivity contribution in [1.29, 1.82) is 0 Å². The van der Waals surface area contributed by atoms with Crippen LogP contribution >= 0.6 is 31.9 Å². The monoisotopic (exact) mass is 410 g/mol. The highest BCUT2D eigenvalue weighted by Gasteiger charge is 2.57. The van der Waals surface area contributed by atoms with Crippen LogP contribution in [0.1, 0.15) is 51.0 Å². The maximum Gasteiger partial charge on any atom is 0.0243 e. The zero-order valence-electron chi connectivity index (χ0n) is 12.7. The second kappa shape index (κ2) is 5.09. The maximum atomic E-state index is 4.14. The van der Waals surface area contributed by atoms with Crippen molar-refractivity contribution in [3.63, 3.8) is 0 Å². The van der Waals surface area contributed by atoms with Gasteiger partial charge in [-0.1, -0.05) is 50.9 Å². The van der Waals surface area contributed by atoms with Crippen molar-refractivity contribution in [3.8, 4) is 0 Å². The van der Waals surface area contributed by atoms with Gasteiger partial charge in [-0.05, 0) is 85.3 Å². The summed E-state index contributed by atoms with van der Waals surface area (Å²) in [6.07, 6.45) is 10.1. The zero-order chi connectivity index (χ0) is 14.7. The van der Waals surface area contributed by atoms with E-state index in [1.807, 2.05) is 0 Å². The molecule has 1 aromatic carbocycles. The molecular weight excluding hydrogens is 388 g/mol. The molecule has 3 atom stereocenters. The second-order valence-corrected chi connectivity index (χ2v) is 10.5. The van der Waals surface area contributed by atoms with Crippen LogP contribution in [0.25, 0.3) is 0 Å². The van der Waals surface area contributed by atoms with Crippen LogP contribution in [0.15, 0.2) is 28.7 Å². The summed E-state index contributed by atoms with van der Waals surface area (Å²) in [6, 6.07) is 8.86. The van der Waals surface area contributed by atoms with E-state index in [1.165, 1.54) is 55.0 Å². The molecule has 2 heteroatoms. The summed E-state index contributed by atoms with van der Waals surface area (Å²) in [4.78, 5) is 0.643. The van der Waals surface area contributed by atoms with Crippen LogP contribution < -0.4 is 0 Å². The number of hydrogen-bond donors (Lipinski definition) is 0. The molecule has 0 nitrogen and oxygen atoms in total. The fourth-order valence-electron chi connectivity index (χ4n) is 6.25.